The van der Waals surface area contributed by atoms with Crippen molar-refractivity contribution in [2.75, 3.05) is 13.2 Å². The van der Waals surface area contributed by atoms with Crippen LogP contribution in [0.4, 0.5) is 0 Å². The Balaban J connectivity index is 2.83. The predicted molar refractivity (Wildman–Crippen MR) is 63.3 cm³/mol. The molecule has 86 valence electrons. The minimum atomic E-state index is 0.563. The summed E-state index contributed by atoms with van der Waals surface area (Å²) in [7, 11) is 0. The Labute approximate surface area is 92.2 Å². The molecule has 0 radical (unpaired) electrons. The van der Waals surface area contributed by atoms with E-state index in [1.807, 2.05) is 0 Å². The predicted octanol–water partition coefficient (Wildman–Crippen LogP) is 2.10. The third-order valence-corrected chi connectivity index (χ3v) is 2.45. The molecular formula is C12H22N2O. The van der Waals surface area contributed by atoms with Crippen LogP contribution in [0, 0.1) is 19.8 Å². The molecule has 0 saturated carbocycles. The van der Waals surface area contributed by atoms with Gasteiger partial charge in [-0.25, -0.2) is 0 Å². The third kappa shape index (κ3) is 2.99. The van der Waals surface area contributed by atoms with Crippen molar-refractivity contribution in [3.63, 3.8) is 0 Å². The minimum absolute atomic E-state index is 0.563. The maximum atomic E-state index is 5.58. The van der Waals surface area contributed by atoms with Gasteiger partial charge in [-0.05, 0) is 19.8 Å². The van der Waals surface area contributed by atoms with E-state index in [0.717, 1.165) is 12.3 Å². The molecule has 1 heterocycles. The molecule has 0 aliphatic carbocycles. The molecule has 0 bridgehead atoms. The summed E-state index contributed by atoms with van der Waals surface area (Å²) in [5.74, 6) is 1.62. The summed E-state index contributed by atoms with van der Waals surface area (Å²) in [6.45, 7) is 10.9. The molecule has 0 amide bonds. The van der Waals surface area contributed by atoms with Crippen molar-refractivity contribution in [3.05, 3.63) is 17.5 Å². The lowest BCUT2D eigenvalue weighted by Gasteiger charge is -2.12. The molecule has 0 aliphatic heterocycles. The first kappa shape index (κ1) is 12.1. The Morgan fingerprint density at radius 3 is 2.60 bits per heavy atom. The van der Waals surface area contributed by atoms with Gasteiger partial charge in [0.25, 0.3) is 0 Å². The molecule has 1 aromatic rings. The molecule has 3 nitrogen and oxygen atoms in total. The molecule has 0 aromatic carbocycles. The summed E-state index contributed by atoms with van der Waals surface area (Å²) < 4.78 is 7.89. The SMILES string of the molecule is Cc1cc(OCCN)c(C)n1CC(C)C. The van der Waals surface area contributed by atoms with Gasteiger partial charge in [0.05, 0.1) is 5.69 Å². The van der Waals surface area contributed by atoms with Gasteiger partial charge in [-0.1, -0.05) is 13.8 Å². The van der Waals surface area contributed by atoms with Crippen molar-refractivity contribution in [2.24, 2.45) is 11.7 Å². The van der Waals surface area contributed by atoms with Gasteiger partial charge in [0, 0.05) is 24.8 Å². The first-order valence-electron chi connectivity index (χ1n) is 5.55. The highest BCUT2D eigenvalue weighted by Gasteiger charge is 2.10. The Morgan fingerprint density at radius 1 is 1.40 bits per heavy atom. The average molecular weight is 210 g/mol. The molecule has 2 N–H and O–H groups in total. The van der Waals surface area contributed by atoms with Crippen LogP contribution in [-0.2, 0) is 6.54 Å². The van der Waals surface area contributed by atoms with Gasteiger partial charge >= 0.3 is 0 Å². The summed E-state index contributed by atoms with van der Waals surface area (Å²) in [6, 6.07) is 2.09. The highest BCUT2D eigenvalue weighted by Crippen LogP contribution is 2.23. The van der Waals surface area contributed by atoms with Gasteiger partial charge in [-0.3, -0.25) is 0 Å². The second-order valence-corrected chi connectivity index (χ2v) is 4.38. The van der Waals surface area contributed by atoms with Crippen LogP contribution in [0.2, 0.25) is 0 Å². The second kappa shape index (κ2) is 5.21. The summed E-state index contributed by atoms with van der Waals surface area (Å²) >= 11 is 0. The fourth-order valence-corrected chi connectivity index (χ4v) is 1.73. The average Bonchev–Trinajstić information content (AvgIpc) is 2.42. The van der Waals surface area contributed by atoms with E-state index >= 15 is 0 Å². The fraction of sp³-hybridized carbons (Fsp3) is 0.667. The van der Waals surface area contributed by atoms with Gasteiger partial charge in [0.15, 0.2) is 0 Å². The Kier molecular flexibility index (Phi) is 4.21. The molecule has 0 aliphatic rings. The summed E-state index contributed by atoms with van der Waals surface area (Å²) in [4.78, 5) is 0. The molecule has 15 heavy (non-hydrogen) atoms. The van der Waals surface area contributed by atoms with E-state index in [1.165, 1.54) is 11.4 Å². The van der Waals surface area contributed by atoms with Crippen LogP contribution in [0.15, 0.2) is 6.07 Å². The van der Waals surface area contributed by atoms with E-state index < -0.39 is 0 Å². The van der Waals surface area contributed by atoms with Crippen LogP contribution < -0.4 is 10.5 Å². The molecular weight excluding hydrogens is 188 g/mol. The van der Waals surface area contributed by atoms with E-state index in [1.54, 1.807) is 0 Å². The monoisotopic (exact) mass is 210 g/mol. The zero-order valence-corrected chi connectivity index (χ0v) is 10.2. The van der Waals surface area contributed by atoms with Gasteiger partial charge < -0.3 is 15.0 Å². The fourth-order valence-electron chi connectivity index (χ4n) is 1.73. The topological polar surface area (TPSA) is 40.2 Å². The van der Waals surface area contributed by atoms with Crippen LogP contribution in [-0.4, -0.2) is 17.7 Å². The van der Waals surface area contributed by atoms with Crippen molar-refractivity contribution in [3.8, 4) is 5.75 Å². The number of rotatable bonds is 5. The van der Waals surface area contributed by atoms with Crippen molar-refractivity contribution < 1.29 is 4.74 Å². The lowest BCUT2D eigenvalue weighted by molar-refractivity contribution is 0.324. The molecule has 0 atom stereocenters. The first-order valence-corrected chi connectivity index (χ1v) is 5.55. The lowest BCUT2D eigenvalue weighted by Crippen LogP contribution is -2.11. The van der Waals surface area contributed by atoms with Crippen LogP contribution in [0.5, 0.6) is 5.75 Å². The summed E-state index contributed by atoms with van der Waals surface area (Å²) in [6.07, 6.45) is 0. The third-order valence-electron chi connectivity index (χ3n) is 2.45. The van der Waals surface area contributed by atoms with Gasteiger partial charge in [0.2, 0.25) is 0 Å². The van der Waals surface area contributed by atoms with E-state index in [2.05, 4.69) is 38.3 Å². The number of aromatic nitrogens is 1. The van der Waals surface area contributed by atoms with Gasteiger partial charge in [-0.2, -0.15) is 0 Å². The van der Waals surface area contributed by atoms with E-state index in [4.69, 9.17) is 10.5 Å². The number of ether oxygens (including phenoxy) is 1. The number of nitrogens with two attached hydrogens (primary N) is 1. The largest absolute Gasteiger partial charge is 0.490 e. The molecule has 3 heteroatoms. The molecule has 1 aromatic heterocycles. The van der Waals surface area contributed by atoms with Crippen molar-refractivity contribution in [2.45, 2.75) is 34.2 Å². The number of hydrogen-bond donors (Lipinski definition) is 1. The van der Waals surface area contributed by atoms with Crippen molar-refractivity contribution in [1.82, 2.24) is 4.57 Å². The van der Waals surface area contributed by atoms with Crippen molar-refractivity contribution >= 4 is 0 Å². The number of hydrogen-bond acceptors (Lipinski definition) is 2. The van der Waals surface area contributed by atoms with Crippen LogP contribution in [0.1, 0.15) is 25.2 Å². The Morgan fingerprint density at radius 2 is 2.07 bits per heavy atom. The summed E-state index contributed by atoms with van der Waals surface area (Å²) in [5, 5.41) is 0. The maximum absolute atomic E-state index is 5.58. The zero-order chi connectivity index (χ0) is 11.4. The highest BCUT2D eigenvalue weighted by molar-refractivity contribution is 5.33. The molecule has 0 saturated heterocycles. The standard InChI is InChI=1S/C12H22N2O/c1-9(2)8-14-10(3)7-12(11(14)4)15-6-5-13/h7,9H,5-6,8,13H2,1-4H3. The lowest BCUT2D eigenvalue weighted by atomic mass is 10.2. The Bertz CT molecular complexity index is 316. The molecule has 1 rings (SSSR count). The summed E-state index contributed by atoms with van der Waals surface area (Å²) in [5.41, 5.74) is 7.88. The van der Waals surface area contributed by atoms with Crippen LogP contribution >= 0.6 is 0 Å². The maximum Gasteiger partial charge on any atom is 0.140 e. The minimum Gasteiger partial charge on any atom is -0.490 e. The van der Waals surface area contributed by atoms with Crippen LogP contribution in [0.25, 0.3) is 0 Å². The van der Waals surface area contributed by atoms with E-state index in [9.17, 15) is 0 Å². The van der Waals surface area contributed by atoms with Gasteiger partial charge in [0.1, 0.15) is 12.4 Å². The zero-order valence-electron chi connectivity index (χ0n) is 10.2. The van der Waals surface area contributed by atoms with Crippen molar-refractivity contribution in [1.29, 1.82) is 0 Å². The molecule has 0 spiro atoms. The number of nitrogens with zero attached hydrogens (tertiary/aromatic N) is 1. The first-order chi connectivity index (χ1) is 7.06. The number of aryl methyl sites for hydroxylation is 1. The van der Waals surface area contributed by atoms with E-state index in [0.29, 0.717) is 19.1 Å². The second-order valence-electron chi connectivity index (χ2n) is 4.38. The van der Waals surface area contributed by atoms with E-state index in [-0.39, 0.29) is 0 Å². The quantitative estimate of drug-likeness (QED) is 0.808. The van der Waals surface area contributed by atoms with Crippen LogP contribution in [0.3, 0.4) is 0 Å². The normalized spacial score (nSPS) is 11.1. The molecule has 0 unspecified atom stereocenters. The highest BCUT2D eigenvalue weighted by atomic mass is 16.5. The smallest absolute Gasteiger partial charge is 0.140 e. The Hall–Kier alpha value is -0.960. The molecule has 0 fully saturated rings. The van der Waals surface area contributed by atoms with Gasteiger partial charge in [-0.15, -0.1) is 0 Å².